The van der Waals surface area contributed by atoms with Gasteiger partial charge in [0.15, 0.2) is 0 Å². The second kappa shape index (κ2) is 43.6. The first-order valence-electron chi connectivity index (χ1n) is 23.8. The van der Waals surface area contributed by atoms with E-state index in [0.29, 0.717) is 25.9 Å². The number of aliphatic hydroxyl groups excluding tert-OH is 2. The number of hydrogen-bond acceptors (Lipinski definition) is 5. The quantitative estimate of drug-likeness (QED) is 0.0425. The molecule has 3 N–H and O–H groups in total. The van der Waals surface area contributed by atoms with Crippen molar-refractivity contribution in [3.05, 3.63) is 0 Å². The van der Waals surface area contributed by atoms with E-state index in [1.165, 1.54) is 173 Å². The number of carbonyl (C=O) groups excluding carboxylic acids is 2. The minimum atomic E-state index is -0.675. The third-order valence-corrected chi connectivity index (χ3v) is 11.2. The molecule has 0 aliphatic heterocycles. The summed E-state index contributed by atoms with van der Waals surface area (Å²) in [5, 5.41) is 23.1. The largest absolute Gasteiger partial charge is 0.466 e. The Balaban J connectivity index is 3.47. The van der Waals surface area contributed by atoms with E-state index >= 15 is 0 Å². The van der Waals surface area contributed by atoms with Crippen molar-refractivity contribution in [2.45, 2.75) is 276 Å². The lowest BCUT2D eigenvalue weighted by Crippen LogP contribution is -2.45. The van der Waals surface area contributed by atoms with Crippen molar-refractivity contribution in [3.8, 4) is 0 Å². The Hall–Kier alpha value is -1.14. The van der Waals surface area contributed by atoms with Crippen molar-refractivity contribution >= 4 is 11.9 Å². The molecule has 0 aromatic carbocycles. The molecule has 0 radical (unpaired) electrons. The molecule has 6 nitrogen and oxygen atoms in total. The molecule has 0 fully saturated rings. The summed E-state index contributed by atoms with van der Waals surface area (Å²) in [5.74, 6) is -0.0738. The van der Waals surface area contributed by atoms with Gasteiger partial charge in [0, 0.05) is 12.8 Å². The van der Waals surface area contributed by atoms with Crippen LogP contribution in [0.5, 0.6) is 0 Å². The fourth-order valence-electron chi connectivity index (χ4n) is 7.46. The second-order valence-corrected chi connectivity index (χ2v) is 16.5. The van der Waals surface area contributed by atoms with Crippen LogP contribution in [0.4, 0.5) is 0 Å². The fourth-order valence-corrected chi connectivity index (χ4v) is 7.46. The predicted octanol–water partition coefficient (Wildman–Crippen LogP) is 13.6. The number of esters is 1. The minimum absolute atomic E-state index is 0.0171. The zero-order valence-corrected chi connectivity index (χ0v) is 35.8. The highest BCUT2D eigenvalue weighted by Gasteiger charge is 2.20. The van der Waals surface area contributed by atoms with Gasteiger partial charge in [0.1, 0.15) is 0 Å². The van der Waals surface area contributed by atoms with Gasteiger partial charge in [-0.25, -0.2) is 0 Å². The predicted molar refractivity (Wildman–Crippen MR) is 227 cm³/mol. The van der Waals surface area contributed by atoms with Crippen LogP contribution >= 0.6 is 0 Å². The number of nitrogens with one attached hydrogen (secondary N) is 1. The van der Waals surface area contributed by atoms with Gasteiger partial charge in [-0.1, -0.05) is 226 Å². The zero-order valence-electron chi connectivity index (χ0n) is 35.8. The van der Waals surface area contributed by atoms with Crippen molar-refractivity contribution in [2.75, 3.05) is 13.2 Å². The van der Waals surface area contributed by atoms with E-state index in [-0.39, 0.29) is 18.5 Å². The summed E-state index contributed by atoms with van der Waals surface area (Å²) in [7, 11) is 0. The highest BCUT2D eigenvalue weighted by molar-refractivity contribution is 5.76. The highest BCUT2D eigenvalue weighted by Crippen LogP contribution is 2.16. The Kier molecular flexibility index (Phi) is 42.6. The van der Waals surface area contributed by atoms with Gasteiger partial charge >= 0.3 is 5.97 Å². The summed E-state index contributed by atoms with van der Waals surface area (Å²) in [6.07, 6.45) is 46.2. The van der Waals surface area contributed by atoms with Crippen LogP contribution in [0.1, 0.15) is 264 Å². The van der Waals surface area contributed by atoms with Crippen LogP contribution in [0.25, 0.3) is 0 Å². The van der Waals surface area contributed by atoms with Crippen molar-refractivity contribution in [3.63, 3.8) is 0 Å². The molecule has 6 heteroatoms. The summed E-state index contributed by atoms with van der Waals surface area (Å²) >= 11 is 0. The summed E-state index contributed by atoms with van der Waals surface area (Å²) in [4.78, 5) is 24.4. The van der Waals surface area contributed by atoms with Crippen LogP contribution in [0.3, 0.4) is 0 Å². The first-order valence-corrected chi connectivity index (χ1v) is 23.8. The molecule has 0 aromatic heterocycles. The second-order valence-electron chi connectivity index (χ2n) is 16.5. The van der Waals surface area contributed by atoms with E-state index in [2.05, 4.69) is 19.2 Å². The van der Waals surface area contributed by atoms with Crippen LogP contribution in [0, 0.1) is 0 Å². The minimum Gasteiger partial charge on any atom is -0.466 e. The molecule has 316 valence electrons. The molecule has 0 heterocycles. The number of ether oxygens (including phenoxy) is 1. The van der Waals surface area contributed by atoms with Crippen molar-refractivity contribution < 1.29 is 24.5 Å². The number of unbranched alkanes of at least 4 members (excludes halogenated alkanes) is 33. The molecule has 0 saturated carbocycles. The van der Waals surface area contributed by atoms with Gasteiger partial charge in [-0.05, 0) is 25.7 Å². The first kappa shape index (κ1) is 51.9. The zero-order chi connectivity index (χ0) is 38.7. The normalized spacial score (nSPS) is 12.6. The Morgan fingerprint density at radius 2 is 0.774 bits per heavy atom. The van der Waals surface area contributed by atoms with E-state index < -0.39 is 12.1 Å². The van der Waals surface area contributed by atoms with Crippen LogP contribution in [-0.4, -0.2) is 47.4 Å². The Bertz CT molecular complexity index is 746. The van der Waals surface area contributed by atoms with Crippen LogP contribution in [0.15, 0.2) is 0 Å². The van der Waals surface area contributed by atoms with Crippen molar-refractivity contribution in [1.82, 2.24) is 5.32 Å². The topological polar surface area (TPSA) is 95.9 Å². The molecule has 0 saturated heterocycles. The molecule has 0 aromatic rings. The van der Waals surface area contributed by atoms with E-state index in [9.17, 15) is 19.8 Å². The number of hydrogen-bond donors (Lipinski definition) is 3. The lowest BCUT2D eigenvalue weighted by atomic mass is 10.0. The van der Waals surface area contributed by atoms with Gasteiger partial charge in [-0.15, -0.1) is 0 Å². The van der Waals surface area contributed by atoms with E-state index in [0.717, 1.165) is 57.8 Å². The maximum absolute atomic E-state index is 12.4. The smallest absolute Gasteiger partial charge is 0.305 e. The molecule has 2 atom stereocenters. The number of carbonyl (C=O) groups is 2. The van der Waals surface area contributed by atoms with Crippen LogP contribution in [-0.2, 0) is 14.3 Å². The molecule has 2 unspecified atom stereocenters. The Labute approximate surface area is 330 Å². The first-order chi connectivity index (χ1) is 26.0. The van der Waals surface area contributed by atoms with Crippen LogP contribution in [0.2, 0.25) is 0 Å². The molecular weight excluding hydrogens is 659 g/mol. The van der Waals surface area contributed by atoms with Gasteiger partial charge in [0.2, 0.25) is 5.91 Å². The third-order valence-electron chi connectivity index (χ3n) is 11.2. The maximum Gasteiger partial charge on any atom is 0.305 e. The van der Waals surface area contributed by atoms with Gasteiger partial charge in [-0.3, -0.25) is 9.59 Å². The van der Waals surface area contributed by atoms with Crippen molar-refractivity contribution in [1.29, 1.82) is 0 Å². The molecule has 0 aliphatic carbocycles. The fraction of sp³-hybridized carbons (Fsp3) is 0.957. The lowest BCUT2D eigenvalue weighted by molar-refractivity contribution is -0.143. The molecule has 1 amide bonds. The highest BCUT2D eigenvalue weighted by atomic mass is 16.5. The van der Waals surface area contributed by atoms with Crippen LogP contribution < -0.4 is 5.32 Å². The number of amides is 1. The molecule has 0 rings (SSSR count). The molecule has 0 aliphatic rings. The maximum atomic E-state index is 12.4. The summed E-state index contributed by atoms with van der Waals surface area (Å²) in [6.45, 7) is 4.90. The van der Waals surface area contributed by atoms with Gasteiger partial charge in [-0.2, -0.15) is 0 Å². The van der Waals surface area contributed by atoms with Gasteiger partial charge < -0.3 is 20.3 Å². The molecule has 53 heavy (non-hydrogen) atoms. The van der Waals surface area contributed by atoms with E-state index in [4.69, 9.17) is 4.74 Å². The summed E-state index contributed by atoms with van der Waals surface area (Å²) < 4.78 is 5.44. The number of aliphatic hydroxyl groups is 2. The summed E-state index contributed by atoms with van der Waals surface area (Å²) in [5.41, 5.74) is 0. The molecule has 0 spiro atoms. The van der Waals surface area contributed by atoms with E-state index in [1.807, 2.05) is 0 Å². The van der Waals surface area contributed by atoms with Crippen molar-refractivity contribution in [2.24, 2.45) is 0 Å². The molecule has 0 bridgehead atoms. The van der Waals surface area contributed by atoms with Gasteiger partial charge in [0.25, 0.3) is 0 Å². The Morgan fingerprint density at radius 1 is 0.453 bits per heavy atom. The monoisotopic (exact) mass is 752 g/mol. The lowest BCUT2D eigenvalue weighted by Gasteiger charge is -2.22. The number of rotatable bonds is 44. The average Bonchev–Trinajstić information content (AvgIpc) is 3.16. The van der Waals surface area contributed by atoms with E-state index in [1.54, 1.807) is 0 Å². The third kappa shape index (κ3) is 40.3. The Morgan fingerprint density at radius 3 is 1.15 bits per heavy atom. The SMILES string of the molecule is CCCCCCCCCCCCCCCC(=O)OCCCCCCCCCCCCC(=O)NC(CO)C(O)CCCCCCCCCCCCCCC. The standard InChI is InChI=1S/C47H93NO5/c1-3-5-7-9-11-13-15-17-19-23-27-31-35-39-45(50)44(43-49)48-46(51)40-36-32-28-24-21-22-26-30-34-38-42-53-47(52)41-37-33-29-25-20-18-16-14-12-10-8-6-4-2/h44-45,49-50H,3-43H2,1-2H3,(H,48,51). The molecular formula is C47H93NO5. The van der Waals surface area contributed by atoms with Gasteiger partial charge in [0.05, 0.1) is 25.4 Å². The summed E-state index contributed by atoms with van der Waals surface area (Å²) in [6, 6.07) is -0.555. The average molecular weight is 752 g/mol.